The zero-order chi connectivity index (χ0) is 12.3. The first-order valence-corrected chi connectivity index (χ1v) is 5.90. The molecule has 1 N–H and O–H groups in total. The van der Waals surface area contributed by atoms with Crippen molar-refractivity contribution in [1.29, 1.82) is 0 Å². The number of ketones is 1. The Morgan fingerprint density at radius 2 is 2.18 bits per heavy atom. The minimum atomic E-state index is -0.308. The third-order valence-electron chi connectivity index (χ3n) is 3.15. The maximum absolute atomic E-state index is 12.7. The molecule has 1 saturated heterocycles. The summed E-state index contributed by atoms with van der Waals surface area (Å²) < 4.78 is 12.7. The molecule has 92 valence electrons. The van der Waals surface area contributed by atoms with Crippen molar-refractivity contribution in [2.45, 2.75) is 13.0 Å². The molecule has 0 aliphatic carbocycles. The quantitative estimate of drug-likeness (QED) is 0.803. The van der Waals surface area contributed by atoms with Crippen molar-refractivity contribution in [2.75, 3.05) is 26.2 Å². The maximum Gasteiger partial charge on any atom is 0.176 e. The summed E-state index contributed by atoms with van der Waals surface area (Å²) in [5.41, 5.74) is 0.581. The highest BCUT2D eigenvalue weighted by molar-refractivity contribution is 5.97. The number of carbonyl (C=O) groups is 1. The van der Waals surface area contributed by atoms with E-state index < -0.39 is 0 Å². The molecule has 4 heteroatoms. The van der Waals surface area contributed by atoms with Gasteiger partial charge >= 0.3 is 0 Å². The molecule has 0 spiro atoms. The number of carbonyl (C=O) groups excluding carboxylic acids is 1. The first-order chi connectivity index (χ1) is 8.16. The molecule has 1 aromatic rings. The Morgan fingerprint density at radius 3 is 2.82 bits per heavy atom. The molecule has 1 aliphatic rings. The van der Waals surface area contributed by atoms with Gasteiger partial charge in [0.15, 0.2) is 5.78 Å². The van der Waals surface area contributed by atoms with Gasteiger partial charge in [0.1, 0.15) is 5.82 Å². The Hall–Kier alpha value is -1.26. The van der Waals surface area contributed by atoms with Gasteiger partial charge in [-0.15, -0.1) is 0 Å². The van der Waals surface area contributed by atoms with E-state index in [2.05, 4.69) is 17.1 Å². The predicted molar refractivity (Wildman–Crippen MR) is 64.6 cm³/mol. The molecule has 0 unspecified atom stereocenters. The second kappa shape index (κ2) is 5.38. The smallest absolute Gasteiger partial charge is 0.176 e. The first kappa shape index (κ1) is 12.2. The van der Waals surface area contributed by atoms with Crippen LogP contribution in [0.25, 0.3) is 0 Å². The van der Waals surface area contributed by atoms with Crippen molar-refractivity contribution in [3.63, 3.8) is 0 Å². The average molecular weight is 236 g/mol. The van der Waals surface area contributed by atoms with Crippen LogP contribution < -0.4 is 5.32 Å². The van der Waals surface area contributed by atoms with Gasteiger partial charge in [0.05, 0.1) is 6.54 Å². The van der Waals surface area contributed by atoms with Gasteiger partial charge < -0.3 is 5.32 Å². The van der Waals surface area contributed by atoms with Crippen LogP contribution in [0, 0.1) is 5.82 Å². The molecule has 0 aromatic heterocycles. The number of nitrogens with one attached hydrogen (secondary N) is 1. The highest BCUT2D eigenvalue weighted by atomic mass is 19.1. The van der Waals surface area contributed by atoms with E-state index in [-0.39, 0.29) is 11.6 Å². The zero-order valence-corrected chi connectivity index (χ0v) is 9.95. The van der Waals surface area contributed by atoms with Crippen molar-refractivity contribution in [3.8, 4) is 0 Å². The number of benzene rings is 1. The number of hydrogen-bond acceptors (Lipinski definition) is 3. The number of Topliss-reactive ketones (excluding diaryl/α,β-unsaturated/α-hetero) is 1. The highest BCUT2D eigenvalue weighted by Gasteiger charge is 2.20. The zero-order valence-electron chi connectivity index (χ0n) is 9.95. The van der Waals surface area contributed by atoms with Crippen LogP contribution in [0.4, 0.5) is 4.39 Å². The van der Waals surface area contributed by atoms with Gasteiger partial charge in [-0.2, -0.15) is 0 Å². The lowest BCUT2D eigenvalue weighted by atomic mass is 10.1. The molecule has 2 rings (SSSR count). The van der Waals surface area contributed by atoms with E-state index in [4.69, 9.17) is 0 Å². The van der Waals surface area contributed by atoms with Gasteiger partial charge in [-0.25, -0.2) is 4.39 Å². The standard InChI is InChI=1S/C13H17FN2O/c1-10-8-15-6-7-16(10)9-13(17)11-2-4-12(14)5-3-11/h2-5,10,15H,6-9H2,1H3/t10-/m1/s1. The minimum Gasteiger partial charge on any atom is -0.314 e. The van der Waals surface area contributed by atoms with E-state index in [0.717, 1.165) is 19.6 Å². The van der Waals surface area contributed by atoms with Crippen LogP contribution in [0.1, 0.15) is 17.3 Å². The molecule has 1 aromatic carbocycles. The largest absolute Gasteiger partial charge is 0.314 e. The van der Waals surface area contributed by atoms with Crippen LogP contribution >= 0.6 is 0 Å². The third-order valence-corrected chi connectivity index (χ3v) is 3.15. The van der Waals surface area contributed by atoms with Crippen molar-refractivity contribution in [2.24, 2.45) is 0 Å². The number of hydrogen-bond donors (Lipinski definition) is 1. The van der Waals surface area contributed by atoms with E-state index in [1.54, 1.807) is 12.1 Å². The average Bonchev–Trinajstić information content (AvgIpc) is 2.33. The fourth-order valence-corrected chi connectivity index (χ4v) is 2.03. The Kier molecular flexibility index (Phi) is 3.86. The van der Waals surface area contributed by atoms with E-state index in [0.29, 0.717) is 18.2 Å². The summed E-state index contributed by atoms with van der Waals surface area (Å²) in [4.78, 5) is 14.1. The number of piperazine rings is 1. The van der Waals surface area contributed by atoms with Gasteiger partial charge in [0, 0.05) is 31.2 Å². The fraction of sp³-hybridized carbons (Fsp3) is 0.462. The molecule has 1 aliphatic heterocycles. The lowest BCUT2D eigenvalue weighted by molar-refractivity contribution is 0.0875. The van der Waals surface area contributed by atoms with Crippen LogP contribution in [0.5, 0.6) is 0 Å². The summed E-state index contributed by atoms with van der Waals surface area (Å²) in [5, 5.41) is 3.28. The number of halogens is 1. The van der Waals surface area contributed by atoms with Gasteiger partial charge in [-0.05, 0) is 31.2 Å². The molecule has 1 atom stereocenters. The normalized spacial score (nSPS) is 21.4. The summed E-state index contributed by atoms with van der Waals surface area (Å²) in [7, 11) is 0. The van der Waals surface area contributed by atoms with Crippen LogP contribution in [-0.2, 0) is 0 Å². The summed E-state index contributed by atoms with van der Waals surface area (Å²) in [6.45, 7) is 5.23. The monoisotopic (exact) mass is 236 g/mol. The molecule has 1 fully saturated rings. The van der Waals surface area contributed by atoms with Crippen LogP contribution in [0.3, 0.4) is 0 Å². The van der Waals surface area contributed by atoms with E-state index in [9.17, 15) is 9.18 Å². The third kappa shape index (κ3) is 3.11. The van der Waals surface area contributed by atoms with Gasteiger partial charge in [0.2, 0.25) is 0 Å². The second-order valence-electron chi connectivity index (χ2n) is 4.45. The van der Waals surface area contributed by atoms with E-state index >= 15 is 0 Å². The summed E-state index contributed by atoms with van der Waals surface area (Å²) >= 11 is 0. The molecule has 0 amide bonds. The molecule has 0 bridgehead atoms. The molecular weight excluding hydrogens is 219 g/mol. The second-order valence-corrected chi connectivity index (χ2v) is 4.45. The Balaban J connectivity index is 1.98. The molecule has 17 heavy (non-hydrogen) atoms. The van der Waals surface area contributed by atoms with Gasteiger partial charge in [-0.1, -0.05) is 0 Å². The SMILES string of the molecule is C[C@@H]1CNCCN1CC(=O)c1ccc(F)cc1. The fourth-order valence-electron chi connectivity index (χ4n) is 2.03. The van der Waals surface area contributed by atoms with Crippen LogP contribution in [0.15, 0.2) is 24.3 Å². The van der Waals surface area contributed by atoms with Gasteiger partial charge in [-0.3, -0.25) is 9.69 Å². The van der Waals surface area contributed by atoms with E-state index in [1.807, 2.05) is 0 Å². The van der Waals surface area contributed by atoms with Crippen LogP contribution in [-0.4, -0.2) is 42.9 Å². The Morgan fingerprint density at radius 1 is 1.47 bits per heavy atom. The van der Waals surface area contributed by atoms with Crippen LogP contribution in [0.2, 0.25) is 0 Å². The molecule has 0 radical (unpaired) electrons. The number of rotatable bonds is 3. The highest BCUT2D eigenvalue weighted by Crippen LogP contribution is 2.08. The molecule has 3 nitrogen and oxygen atoms in total. The summed E-state index contributed by atoms with van der Waals surface area (Å²) in [5.74, 6) is -0.254. The van der Waals surface area contributed by atoms with Crippen molar-refractivity contribution in [1.82, 2.24) is 10.2 Å². The van der Waals surface area contributed by atoms with Crippen molar-refractivity contribution >= 4 is 5.78 Å². The molecule has 0 saturated carbocycles. The first-order valence-electron chi connectivity index (χ1n) is 5.90. The molecule has 1 heterocycles. The lowest BCUT2D eigenvalue weighted by Crippen LogP contribution is -2.51. The van der Waals surface area contributed by atoms with Crippen molar-refractivity contribution in [3.05, 3.63) is 35.6 Å². The summed E-state index contributed by atoms with van der Waals surface area (Å²) in [6, 6.07) is 6.12. The minimum absolute atomic E-state index is 0.0544. The van der Waals surface area contributed by atoms with Gasteiger partial charge in [0.25, 0.3) is 0 Å². The predicted octanol–water partition coefficient (Wildman–Crippen LogP) is 1.30. The van der Waals surface area contributed by atoms with Crippen molar-refractivity contribution < 1.29 is 9.18 Å². The number of nitrogens with zero attached hydrogens (tertiary/aromatic N) is 1. The molecular formula is C13H17FN2O. The lowest BCUT2D eigenvalue weighted by Gasteiger charge is -2.33. The topological polar surface area (TPSA) is 32.3 Å². The Bertz CT molecular complexity index is 391. The Labute approximate surface area is 101 Å². The van der Waals surface area contributed by atoms with E-state index in [1.165, 1.54) is 12.1 Å². The maximum atomic E-state index is 12.7. The summed E-state index contributed by atoms with van der Waals surface area (Å²) in [6.07, 6.45) is 0.